The highest BCUT2D eigenvalue weighted by molar-refractivity contribution is 5.81. The quantitative estimate of drug-likeness (QED) is 0.655. The van der Waals surface area contributed by atoms with Gasteiger partial charge in [0.05, 0.1) is 12.7 Å². The fourth-order valence-electron chi connectivity index (χ4n) is 2.03. The van der Waals surface area contributed by atoms with Gasteiger partial charge in [-0.1, -0.05) is 30.3 Å². The van der Waals surface area contributed by atoms with Gasteiger partial charge in [-0.25, -0.2) is 4.79 Å². The summed E-state index contributed by atoms with van der Waals surface area (Å²) in [6.45, 7) is 0. The maximum atomic E-state index is 12.0. The van der Waals surface area contributed by atoms with Crippen LogP contribution in [0.4, 0.5) is 0 Å². The van der Waals surface area contributed by atoms with Gasteiger partial charge in [-0.05, 0) is 29.8 Å². The number of benzene rings is 2. The lowest BCUT2D eigenvalue weighted by Gasteiger charge is -2.04. The van der Waals surface area contributed by atoms with E-state index in [0.29, 0.717) is 11.1 Å². The van der Waals surface area contributed by atoms with Crippen molar-refractivity contribution in [2.45, 2.75) is 0 Å². The first-order valence-corrected chi connectivity index (χ1v) is 5.95. The molecule has 1 heterocycles. The molecule has 3 aromatic rings. The maximum Gasteiger partial charge on any atom is 0.344 e. The van der Waals surface area contributed by atoms with Crippen LogP contribution in [0.25, 0.3) is 22.1 Å². The summed E-state index contributed by atoms with van der Waals surface area (Å²) in [7, 11) is 1.61. The van der Waals surface area contributed by atoms with E-state index in [-0.39, 0.29) is 5.63 Å². The van der Waals surface area contributed by atoms with E-state index >= 15 is 0 Å². The van der Waals surface area contributed by atoms with Crippen LogP contribution in [0.15, 0.2) is 63.8 Å². The van der Waals surface area contributed by atoms with Gasteiger partial charge in [-0.3, -0.25) is 0 Å². The summed E-state index contributed by atoms with van der Waals surface area (Å²) in [6.07, 6.45) is 0. The molecule has 0 bridgehead atoms. The van der Waals surface area contributed by atoms with E-state index in [2.05, 4.69) is 0 Å². The van der Waals surface area contributed by atoms with Gasteiger partial charge >= 0.3 is 5.63 Å². The van der Waals surface area contributed by atoms with E-state index in [4.69, 9.17) is 9.15 Å². The van der Waals surface area contributed by atoms with E-state index in [1.165, 1.54) is 0 Å². The molecule has 0 atom stereocenters. The first kappa shape index (κ1) is 11.5. The molecule has 0 aliphatic heterocycles. The summed E-state index contributed by atoms with van der Waals surface area (Å²) in [6, 6.07) is 16.7. The molecule has 0 N–H and O–H groups in total. The van der Waals surface area contributed by atoms with Gasteiger partial charge in [0.15, 0.2) is 0 Å². The lowest BCUT2D eigenvalue weighted by atomic mass is 10.1. The number of hydrogen-bond acceptors (Lipinski definition) is 3. The van der Waals surface area contributed by atoms with E-state index in [1.54, 1.807) is 13.2 Å². The molecule has 0 aliphatic rings. The third kappa shape index (κ3) is 2.10. The zero-order valence-electron chi connectivity index (χ0n) is 10.4. The lowest BCUT2D eigenvalue weighted by molar-refractivity contribution is 0.415. The normalized spacial score (nSPS) is 10.6. The summed E-state index contributed by atoms with van der Waals surface area (Å²) >= 11 is 0. The first-order chi connectivity index (χ1) is 9.28. The Morgan fingerprint density at radius 2 is 1.74 bits per heavy atom. The minimum atomic E-state index is -0.330. The van der Waals surface area contributed by atoms with Crippen molar-refractivity contribution in [2.75, 3.05) is 7.11 Å². The van der Waals surface area contributed by atoms with E-state index in [1.807, 2.05) is 48.5 Å². The van der Waals surface area contributed by atoms with Crippen molar-refractivity contribution in [3.8, 4) is 16.9 Å². The maximum absolute atomic E-state index is 12.0. The molecule has 0 amide bonds. The summed E-state index contributed by atoms with van der Waals surface area (Å²) < 4.78 is 10.4. The van der Waals surface area contributed by atoms with Crippen molar-refractivity contribution in [2.24, 2.45) is 0 Å². The second-order valence-electron chi connectivity index (χ2n) is 4.21. The van der Waals surface area contributed by atoms with Crippen LogP contribution in [-0.4, -0.2) is 7.11 Å². The van der Waals surface area contributed by atoms with Gasteiger partial charge in [0.25, 0.3) is 0 Å². The fraction of sp³-hybridized carbons (Fsp3) is 0.0625. The monoisotopic (exact) mass is 252 g/mol. The average Bonchev–Trinajstić information content (AvgIpc) is 2.47. The Labute approximate surface area is 110 Å². The van der Waals surface area contributed by atoms with E-state index in [9.17, 15) is 4.79 Å². The van der Waals surface area contributed by atoms with Crippen LogP contribution in [0.3, 0.4) is 0 Å². The third-order valence-corrected chi connectivity index (χ3v) is 3.04. The van der Waals surface area contributed by atoms with Crippen LogP contribution < -0.4 is 10.4 Å². The van der Waals surface area contributed by atoms with Crippen molar-refractivity contribution >= 4 is 11.0 Å². The second kappa shape index (κ2) is 4.61. The highest BCUT2D eigenvalue weighted by Crippen LogP contribution is 2.22. The molecule has 2 aromatic carbocycles. The summed E-state index contributed by atoms with van der Waals surface area (Å²) in [5.74, 6) is 0.758. The Hall–Kier alpha value is -2.55. The van der Waals surface area contributed by atoms with E-state index in [0.717, 1.165) is 16.7 Å². The molecular formula is C16H12O3. The van der Waals surface area contributed by atoms with Gasteiger partial charge < -0.3 is 9.15 Å². The van der Waals surface area contributed by atoms with Crippen LogP contribution in [-0.2, 0) is 0 Å². The predicted molar refractivity (Wildman–Crippen MR) is 74.5 cm³/mol. The van der Waals surface area contributed by atoms with Gasteiger partial charge in [0.1, 0.15) is 11.3 Å². The van der Waals surface area contributed by atoms with Crippen LogP contribution >= 0.6 is 0 Å². The number of hydrogen-bond donors (Lipinski definition) is 0. The van der Waals surface area contributed by atoms with E-state index < -0.39 is 0 Å². The van der Waals surface area contributed by atoms with Gasteiger partial charge in [-0.2, -0.15) is 0 Å². The van der Waals surface area contributed by atoms with Crippen molar-refractivity contribution in [3.05, 3.63) is 65.0 Å². The Balaban J connectivity index is 2.18. The molecule has 3 rings (SSSR count). The van der Waals surface area contributed by atoms with Crippen molar-refractivity contribution < 1.29 is 9.15 Å². The number of ether oxygens (including phenoxy) is 1. The molecule has 0 unspecified atom stereocenters. The Morgan fingerprint density at radius 3 is 2.47 bits per heavy atom. The summed E-state index contributed by atoms with van der Waals surface area (Å²) in [5.41, 5.74) is 1.65. The highest BCUT2D eigenvalue weighted by Gasteiger charge is 2.07. The molecule has 0 saturated carbocycles. The van der Waals surface area contributed by atoms with Crippen LogP contribution in [0.5, 0.6) is 5.75 Å². The Bertz CT molecular complexity index is 770. The highest BCUT2D eigenvalue weighted by atomic mass is 16.5. The van der Waals surface area contributed by atoms with Crippen LogP contribution in [0.1, 0.15) is 0 Å². The van der Waals surface area contributed by atoms with Gasteiger partial charge in [0.2, 0.25) is 0 Å². The fourth-order valence-corrected chi connectivity index (χ4v) is 2.03. The molecule has 0 radical (unpaired) electrons. The van der Waals surface area contributed by atoms with Crippen molar-refractivity contribution in [1.82, 2.24) is 0 Å². The number of fused-ring (bicyclic) bond motifs is 1. The Kier molecular flexibility index (Phi) is 2.80. The molecule has 1 aromatic heterocycles. The minimum Gasteiger partial charge on any atom is -0.497 e. The predicted octanol–water partition coefficient (Wildman–Crippen LogP) is 3.47. The molecule has 94 valence electrons. The van der Waals surface area contributed by atoms with Crippen molar-refractivity contribution in [3.63, 3.8) is 0 Å². The summed E-state index contributed by atoms with van der Waals surface area (Å²) in [4.78, 5) is 12.0. The smallest absolute Gasteiger partial charge is 0.344 e. The first-order valence-electron chi connectivity index (χ1n) is 5.95. The molecule has 0 spiro atoms. The Morgan fingerprint density at radius 1 is 1.00 bits per heavy atom. The molecule has 19 heavy (non-hydrogen) atoms. The van der Waals surface area contributed by atoms with Gasteiger partial charge in [0, 0.05) is 5.39 Å². The molecule has 3 heteroatoms. The largest absolute Gasteiger partial charge is 0.497 e. The van der Waals surface area contributed by atoms with Gasteiger partial charge in [-0.15, -0.1) is 0 Å². The standard InChI is InChI=1S/C16H12O3/c1-18-13-8-6-11(7-9-13)14-10-12-4-2-3-5-15(12)19-16(14)17/h2-10H,1H3. The molecule has 3 nitrogen and oxygen atoms in total. The second-order valence-corrected chi connectivity index (χ2v) is 4.21. The number of methoxy groups -OCH3 is 1. The topological polar surface area (TPSA) is 39.4 Å². The van der Waals surface area contributed by atoms with Crippen LogP contribution in [0.2, 0.25) is 0 Å². The van der Waals surface area contributed by atoms with Crippen LogP contribution in [0, 0.1) is 0 Å². The molecule has 0 aliphatic carbocycles. The zero-order chi connectivity index (χ0) is 13.2. The SMILES string of the molecule is COc1ccc(-c2cc3ccccc3oc2=O)cc1. The van der Waals surface area contributed by atoms with Crippen molar-refractivity contribution in [1.29, 1.82) is 0 Å². The molecule has 0 fully saturated rings. The minimum absolute atomic E-state index is 0.330. The molecule has 0 saturated heterocycles. The molecular weight excluding hydrogens is 240 g/mol. The number of para-hydroxylation sites is 1. The lowest BCUT2D eigenvalue weighted by Crippen LogP contribution is -2.02. The zero-order valence-corrected chi connectivity index (χ0v) is 10.4. The number of rotatable bonds is 2. The summed E-state index contributed by atoms with van der Waals surface area (Å²) in [5, 5.41) is 0.910. The average molecular weight is 252 g/mol. The third-order valence-electron chi connectivity index (χ3n) is 3.04.